The van der Waals surface area contributed by atoms with E-state index in [1.807, 2.05) is 0 Å². The average Bonchev–Trinajstić information content (AvgIpc) is 3.45. The zero-order chi connectivity index (χ0) is 32.8. The molecule has 9 nitrogen and oxygen atoms in total. The molecule has 236 valence electrons. The minimum absolute atomic E-state index is 0.0403. The number of amides is 2. The first-order valence-electron chi connectivity index (χ1n) is 14.3. The fourth-order valence-electron chi connectivity index (χ4n) is 5.97. The van der Waals surface area contributed by atoms with Crippen LogP contribution in [-0.2, 0) is 15.0 Å². The highest BCUT2D eigenvalue weighted by atomic mass is 19.1. The van der Waals surface area contributed by atoms with Gasteiger partial charge in [-0.25, -0.2) is 23.1 Å². The van der Waals surface area contributed by atoms with Gasteiger partial charge in [0.05, 0.1) is 10.9 Å². The van der Waals surface area contributed by atoms with Gasteiger partial charge in [0.25, 0.3) is 11.8 Å². The molecule has 2 N–H and O–H groups in total. The number of fused-ring (bicyclic) bond motifs is 1. The molecule has 6 rings (SSSR count). The number of nitrogens with one attached hydrogen (secondary N) is 2. The summed E-state index contributed by atoms with van der Waals surface area (Å²) in [6.45, 7) is 1.46. The lowest BCUT2D eigenvalue weighted by molar-refractivity contribution is -0.282. The number of furan rings is 1. The minimum Gasteiger partial charge on any atom is -0.455 e. The van der Waals surface area contributed by atoms with Crippen LogP contribution in [-0.4, -0.2) is 48.8 Å². The fraction of sp³-hybridized carbons (Fsp3) is 0.235. The van der Waals surface area contributed by atoms with Crippen molar-refractivity contribution >= 4 is 22.8 Å². The number of aromatic nitrogens is 2. The Morgan fingerprint density at radius 3 is 2.22 bits per heavy atom. The molecule has 5 aromatic rings. The lowest BCUT2D eigenvalue weighted by Gasteiger charge is -2.53. The second kappa shape index (κ2) is 11.7. The first-order valence-corrected chi connectivity index (χ1v) is 14.3. The lowest BCUT2D eigenvalue weighted by atomic mass is 9.70. The molecular formula is C34H29F3N4O5. The quantitative estimate of drug-likeness (QED) is 0.201. The van der Waals surface area contributed by atoms with Gasteiger partial charge in [-0.3, -0.25) is 9.59 Å². The van der Waals surface area contributed by atoms with Crippen LogP contribution >= 0.6 is 0 Å². The molecule has 2 aromatic heterocycles. The molecule has 1 fully saturated rings. The Labute approximate surface area is 261 Å². The second-order valence-corrected chi connectivity index (χ2v) is 11.1. The average molecular weight is 631 g/mol. The SMILES string of the molecule is CNC(=O)c1c(-c2ccc(F)cc2)oc2ccc(-c3cc(C(=O)NC4(c5ncccn5)CC(OC)(OC)C4)cc(F)c3C)c(F)c12. The van der Waals surface area contributed by atoms with Gasteiger partial charge >= 0.3 is 0 Å². The zero-order valence-electron chi connectivity index (χ0n) is 25.3. The highest BCUT2D eigenvalue weighted by Crippen LogP contribution is 2.50. The molecule has 2 heterocycles. The number of carbonyl (C=O) groups excluding carboxylic acids is 2. The van der Waals surface area contributed by atoms with Crippen LogP contribution in [0, 0.1) is 24.4 Å². The Bertz CT molecular complexity index is 1970. The van der Waals surface area contributed by atoms with Gasteiger partial charge in [-0.2, -0.15) is 0 Å². The molecule has 0 atom stereocenters. The maximum atomic E-state index is 16.5. The van der Waals surface area contributed by atoms with E-state index in [1.165, 1.54) is 70.7 Å². The van der Waals surface area contributed by atoms with Crippen molar-refractivity contribution in [1.29, 1.82) is 0 Å². The van der Waals surface area contributed by atoms with E-state index in [2.05, 4.69) is 20.6 Å². The van der Waals surface area contributed by atoms with Crippen molar-refractivity contribution in [2.45, 2.75) is 31.1 Å². The third kappa shape index (κ3) is 5.09. The van der Waals surface area contributed by atoms with Crippen molar-refractivity contribution in [3.63, 3.8) is 0 Å². The van der Waals surface area contributed by atoms with E-state index in [1.54, 1.807) is 18.5 Å². The molecule has 1 aliphatic carbocycles. The highest BCUT2D eigenvalue weighted by molar-refractivity contribution is 6.12. The van der Waals surface area contributed by atoms with Gasteiger partial charge in [-0.1, -0.05) is 0 Å². The molecule has 3 aromatic carbocycles. The number of nitrogens with zero attached hydrogens (tertiary/aromatic N) is 2. The van der Waals surface area contributed by atoms with Gasteiger partial charge in [0.15, 0.2) is 11.6 Å². The molecule has 12 heteroatoms. The van der Waals surface area contributed by atoms with E-state index in [4.69, 9.17) is 13.9 Å². The molecule has 46 heavy (non-hydrogen) atoms. The Hall–Kier alpha value is -5.07. The molecule has 0 spiro atoms. The monoisotopic (exact) mass is 630 g/mol. The summed E-state index contributed by atoms with van der Waals surface area (Å²) < 4.78 is 62.5. The van der Waals surface area contributed by atoms with E-state index >= 15 is 8.78 Å². The van der Waals surface area contributed by atoms with Crippen molar-refractivity contribution in [1.82, 2.24) is 20.6 Å². The van der Waals surface area contributed by atoms with Crippen molar-refractivity contribution in [3.8, 4) is 22.5 Å². The van der Waals surface area contributed by atoms with Crippen LogP contribution in [0.4, 0.5) is 13.2 Å². The third-order valence-corrected chi connectivity index (χ3v) is 8.48. The van der Waals surface area contributed by atoms with Gasteiger partial charge < -0.3 is 24.5 Å². The van der Waals surface area contributed by atoms with Gasteiger partial charge in [0, 0.05) is 63.2 Å². The summed E-state index contributed by atoms with van der Waals surface area (Å²) in [7, 11) is 4.37. The number of halogens is 3. The summed E-state index contributed by atoms with van der Waals surface area (Å²) in [6, 6.07) is 12.2. The summed E-state index contributed by atoms with van der Waals surface area (Å²) in [4.78, 5) is 35.4. The number of carbonyl (C=O) groups is 2. The Morgan fingerprint density at radius 1 is 0.913 bits per heavy atom. The molecule has 1 saturated carbocycles. The van der Waals surface area contributed by atoms with Gasteiger partial charge in [0.2, 0.25) is 0 Å². The van der Waals surface area contributed by atoms with Crippen LogP contribution in [0.2, 0.25) is 0 Å². The van der Waals surface area contributed by atoms with E-state index in [-0.39, 0.29) is 57.4 Å². The molecule has 2 amide bonds. The summed E-state index contributed by atoms with van der Waals surface area (Å²) in [5, 5.41) is 5.28. The maximum Gasteiger partial charge on any atom is 0.255 e. The van der Waals surface area contributed by atoms with Crippen LogP contribution in [0.3, 0.4) is 0 Å². The van der Waals surface area contributed by atoms with Gasteiger partial charge in [-0.05, 0) is 72.6 Å². The first kappa shape index (κ1) is 30.9. The molecule has 1 aliphatic rings. The first-order chi connectivity index (χ1) is 22.0. The summed E-state index contributed by atoms with van der Waals surface area (Å²) in [5.74, 6) is -3.98. The van der Waals surface area contributed by atoms with Gasteiger partial charge in [-0.15, -0.1) is 0 Å². The summed E-state index contributed by atoms with van der Waals surface area (Å²) in [6.07, 6.45) is 3.47. The van der Waals surface area contributed by atoms with E-state index in [9.17, 15) is 14.0 Å². The van der Waals surface area contributed by atoms with Crippen LogP contribution in [0.15, 0.2) is 71.4 Å². The number of benzene rings is 3. The van der Waals surface area contributed by atoms with Crippen molar-refractivity contribution in [2.24, 2.45) is 0 Å². The molecular weight excluding hydrogens is 601 g/mol. The highest BCUT2D eigenvalue weighted by Gasteiger charge is 2.59. The number of hydrogen-bond donors (Lipinski definition) is 2. The Morgan fingerprint density at radius 2 is 1.59 bits per heavy atom. The second-order valence-electron chi connectivity index (χ2n) is 11.1. The normalized spacial score (nSPS) is 14.9. The van der Waals surface area contributed by atoms with Crippen molar-refractivity contribution in [3.05, 3.63) is 107 Å². The minimum atomic E-state index is -1.08. The number of methoxy groups -OCH3 is 2. The van der Waals surface area contributed by atoms with E-state index in [0.29, 0.717) is 11.4 Å². The van der Waals surface area contributed by atoms with E-state index < -0.39 is 40.6 Å². The standard InChI is InChI=1S/C34H29F3N4O5/c1-18-23(22-10-11-25-26(28(22)37)27(31(43)38-2)29(46-25)19-6-8-21(35)9-7-19)14-20(15-24(18)36)30(42)41-33(32-39-12-5-13-40-32)16-34(17-33,44-3)45-4/h5-15H,16-17H2,1-4H3,(H,38,43)(H,41,42). The largest absolute Gasteiger partial charge is 0.455 e. The fourth-order valence-corrected chi connectivity index (χ4v) is 5.97. The number of hydrogen-bond acceptors (Lipinski definition) is 7. The van der Waals surface area contributed by atoms with Crippen molar-refractivity contribution in [2.75, 3.05) is 21.3 Å². The molecule has 0 radical (unpaired) electrons. The van der Waals surface area contributed by atoms with Crippen LogP contribution < -0.4 is 10.6 Å². The topological polar surface area (TPSA) is 116 Å². The number of rotatable bonds is 8. The van der Waals surface area contributed by atoms with Gasteiger partial charge in [0.1, 0.15) is 34.3 Å². The smallest absolute Gasteiger partial charge is 0.255 e. The Balaban J connectivity index is 1.44. The molecule has 0 bridgehead atoms. The van der Waals surface area contributed by atoms with Crippen molar-refractivity contribution < 1.29 is 36.7 Å². The molecule has 0 unspecified atom stereocenters. The van der Waals surface area contributed by atoms with Crippen LogP contribution in [0.1, 0.15) is 44.9 Å². The summed E-state index contributed by atoms with van der Waals surface area (Å²) >= 11 is 0. The zero-order valence-corrected chi connectivity index (χ0v) is 25.3. The third-order valence-electron chi connectivity index (χ3n) is 8.48. The maximum absolute atomic E-state index is 16.5. The molecule has 0 aliphatic heterocycles. The molecule has 0 saturated heterocycles. The lowest BCUT2D eigenvalue weighted by Crippen LogP contribution is -2.65. The number of ether oxygens (including phenoxy) is 2. The Kier molecular flexibility index (Phi) is 7.87. The summed E-state index contributed by atoms with van der Waals surface area (Å²) in [5.41, 5.74) is -0.725. The van der Waals surface area contributed by atoms with E-state index in [0.717, 1.165) is 6.07 Å². The predicted octanol–water partition coefficient (Wildman–Crippen LogP) is 6.05. The van der Waals surface area contributed by atoms with Crippen LogP contribution in [0.5, 0.6) is 0 Å². The van der Waals surface area contributed by atoms with Crippen LogP contribution in [0.25, 0.3) is 33.4 Å². The predicted molar refractivity (Wildman–Crippen MR) is 162 cm³/mol.